The first-order chi connectivity index (χ1) is 6.13. The summed E-state index contributed by atoms with van der Waals surface area (Å²) in [4.78, 5) is 14.8. The maximum atomic E-state index is 10.8. The average Bonchev–Trinajstić information content (AvgIpc) is 2.11. The van der Waals surface area contributed by atoms with Gasteiger partial charge in [0.25, 0.3) is 0 Å². The van der Waals surface area contributed by atoms with Crippen LogP contribution in [-0.2, 0) is 0 Å². The van der Waals surface area contributed by atoms with Gasteiger partial charge in [0.15, 0.2) is 5.75 Å². The highest BCUT2D eigenvalue weighted by Gasteiger charge is 2.03. The lowest BCUT2D eigenvalue weighted by atomic mass is 10.3. The molecule has 13 heavy (non-hydrogen) atoms. The Morgan fingerprint density at radius 2 is 2.38 bits per heavy atom. The number of carbonyl (C=O) groups is 1. The molecular weight excluding hydrogens is 236 g/mol. The first-order valence-electron chi connectivity index (χ1n) is 3.65. The highest BCUT2D eigenvalue weighted by molar-refractivity contribution is 9.10. The van der Waals surface area contributed by atoms with E-state index in [2.05, 4.69) is 26.2 Å². The number of halogens is 1. The van der Waals surface area contributed by atoms with Crippen molar-refractivity contribution in [3.8, 4) is 5.75 Å². The second-order valence-electron chi connectivity index (χ2n) is 2.42. The van der Waals surface area contributed by atoms with Gasteiger partial charge in [0.05, 0.1) is 6.20 Å². The van der Waals surface area contributed by atoms with Crippen LogP contribution in [0.2, 0.25) is 0 Å². The number of hydrogen-bond acceptors (Lipinski definition) is 3. The van der Waals surface area contributed by atoms with E-state index in [1.165, 1.54) is 13.2 Å². The largest absolute Gasteiger partial charge is 0.412 e. The summed E-state index contributed by atoms with van der Waals surface area (Å²) in [5.41, 5.74) is 0.918. The summed E-state index contributed by atoms with van der Waals surface area (Å²) in [7, 11) is 1.50. The van der Waals surface area contributed by atoms with Crippen molar-refractivity contribution in [2.45, 2.75) is 6.92 Å². The lowest BCUT2D eigenvalue weighted by Crippen LogP contribution is -2.22. The third-order valence-corrected chi connectivity index (χ3v) is 2.23. The van der Waals surface area contributed by atoms with Crippen molar-refractivity contribution < 1.29 is 9.53 Å². The van der Waals surface area contributed by atoms with Crippen molar-refractivity contribution in [3.05, 3.63) is 22.4 Å². The second-order valence-corrected chi connectivity index (χ2v) is 3.17. The molecule has 1 aromatic rings. The molecule has 0 bridgehead atoms. The monoisotopic (exact) mass is 244 g/mol. The van der Waals surface area contributed by atoms with E-state index in [-0.39, 0.29) is 0 Å². The number of amides is 1. The summed E-state index contributed by atoms with van der Waals surface area (Å²) in [6, 6.07) is 1.73. The molecule has 1 rings (SSSR count). The third-order valence-electron chi connectivity index (χ3n) is 1.40. The topological polar surface area (TPSA) is 51.2 Å². The minimum atomic E-state index is -0.497. The highest BCUT2D eigenvalue weighted by Crippen LogP contribution is 2.18. The number of nitrogens with zero attached hydrogens (tertiary/aromatic N) is 1. The fraction of sp³-hybridized carbons (Fsp3) is 0.250. The van der Waals surface area contributed by atoms with E-state index in [1.807, 2.05) is 6.92 Å². The van der Waals surface area contributed by atoms with Crippen LogP contribution in [0.4, 0.5) is 4.79 Å². The van der Waals surface area contributed by atoms with Gasteiger partial charge in [-0.2, -0.15) is 0 Å². The van der Waals surface area contributed by atoms with Crippen LogP contribution in [-0.4, -0.2) is 18.1 Å². The number of carbonyl (C=O) groups excluding carboxylic acids is 1. The molecule has 1 N–H and O–H groups in total. The molecule has 0 aromatic carbocycles. The van der Waals surface area contributed by atoms with Crippen LogP contribution in [0.5, 0.6) is 5.75 Å². The van der Waals surface area contributed by atoms with Gasteiger partial charge in [0.2, 0.25) is 0 Å². The molecule has 5 heteroatoms. The summed E-state index contributed by atoms with van der Waals surface area (Å²) in [5, 5.41) is 2.35. The van der Waals surface area contributed by atoms with Gasteiger partial charge in [-0.25, -0.2) is 9.78 Å². The fourth-order valence-electron chi connectivity index (χ4n) is 0.746. The molecule has 0 unspecified atom stereocenters. The van der Waals surface area contributed by atoms with Crippen LogP contribution < -0.4 is 10.1 Å². The highest BCUT2D eigenvalue weighted by atomic mass is 79.9. The van der Waals surface area contributed by atoms with Gasteiger partial charge in [-0.3, -0.25) is 0 Å². The summed E-state index contributed by atoms with van der Waals surface area (Å²) in [6.07, 6.45) is 0.982. The van der Waals surface area contributed by atoms with Gasteiger partial charge in [-0.05, 0) is 34.5 Å². The fourth-order valence-corrected chi connectivity index (χ4v) is 0.963. The lowest BCUT2D eigenvalue weighted by Gasteiger charge is -2.03. The van der Waals surface area contributed by atoms with Gasteiger partial charge in [-0.1, -0.05) is 0 Å². The molecular formula is C8H9BrN2O2. The van der Waals surface area contributed by atoms with E-state index in [4.69, 9.17) is 4.74 Å². The summed E-state index contributed by atoms with van der Waals surface area (Å²) >= 11 is 3.25. The van der Waals surface area contributed by atoms with Gasteiger partial charge in [0.1, 0.15) is 4.60 Å². The Kier molecular flexibility index (Phi) is 3.25. The van der Waals surface area contributed by atoms with Gasteiger partial charge in [0, 0.05) is 7.05 Å². The minimum Gasteiger partial charge on any atom is -0.409 e. The maximum absolute atomic E-state index is 10.8. The number of nitrogens with one attached hydrogen (secondary N) is 1. The summed E-state index contributed by atoms with van der Waals surface area (Å²) in [6.45, 7) is 1.87. The molecule has 0 saturated carbocycles. The molecule has 70 valence electrons. The first kappa shape index (κ1) is 9.98. The molecule has 0 fully saturated rings. The Balaban J connectivity index is 2.79. The van der Waals surface area contributed by atoms with E-state index in [0.717, 1.165) is 10.2 Å². The predicted octanol–water partition coefficient (Wildman–Crippen LogP) is 1.87. The standard InChI is InChI=1S/C8H9BrN2O2/c1-5-3-6(4-11-7(5)9)13-8(12)10-2/h3-4H,1-2H3,(H,10,12). The molecule has 0 saturated heterocycles. The van der Waals surface area contributed by atoms with E-state index in [0.29, 0.717) is 5.75 Å². The zero-order chi connectivity index (χ0) is 9.84. The average molecular weight is 245 g/mol. The molecule has 0 aliphatic heterocycles. The van der Waals surface area contributed by atoms with Crippen LogP contribution in [0.25, 0.3) is 0 Å². The quantitative estimate of drug-likeness (QED) is 0.768. The van der Waals surface area contributed by atoms with E-state index < -0.39 is 6.09 Å². The number of pyridine rings is 1. The third kappa shape index (κ3) is 2.69. The molecule has 0 aliphatic carbocycles. The summed E-state index contributed by atoms with van der Waals surface area (Å²) in [5.74, 6) is 0.431. The number of aromatic nitrogens is 1. The van der Waals surface area contributed by atoms with E-state index in [9.17, 15) is 4.79 Å². The van der Waals surface area contributed by atoms with Crippen LogP contribution in [0.1, 0.15) is 5.56 Å². The van der Waals surface area contributed by atoms with E-state index >= 15 is 0 Å². The maximum Gasteiger partial charge on any atom is 0.412 e. The van der Waals surface area contributed by atoms with Gasteiger partial charge in [-0.15, -0.1) is 0 Å². The van der Waals surface area contributed by atoms with Crippen molar-refractivity contribution in [3.63, 3.8) is 0 Å². The van der Waals surface area contributed by atoms with E-state index in [1.54, 1.807) is 6.07 Å². The van der Waals surface area contributed by atoms with Crippen LogP contribution in [0.15, 0.2) is 16.9 Å². The normalized spacial score (nSPS) is 9.46. The van der Waals surface area contributed by atoms with Gasteiger partial charge < -0.3 is 10.1 Å². The molecule has 0 aliphatic rings. The molecule has 1 heterocycles. The Labute approximate surface area is 84.4 Å². The second kappa shape index (κ2) is 4.23. The Hall–Kier alpha value is -1.10. The van der Waals surface area contributed by atoms with Gasteiger partial charge >= 0.3 is 6.09 Å². The molecule has 1 aromatic heterocycles. The minimum absolute atomic E-state index is 0.431. The first-order valence-corrected chi connectivity index (χ1v) is 4.44. The zero-order valence-corrected chi connectivity index (χ0v) is 8.88. The Bertz CT molecular complexity index is 328. The zero-order valence-electron chi connectivity index (χ0n) is 7.30. The smallest absolute Gasteiger partial charge is 0.409 e. The molecule has 1 amide bonds. The molecule has 0 atom stereocenters. The van der Waals surface area contributed by atoms with Crippen LogP contribution in [0.3, 0.4) is 0 Å². The Morgan fingerprint density at radius 3 is 2.92 bits per heavy atom. The van der Waals surface area contributed by atoms with Crippen LogP contribution in [0, 0.1) is 6.92 Å². The lowest BCUT2D eigenvalue weighted by molar-refractivity contribution is 0.202. The summed E-state index contributed by atoms with van der Waals surface area (Å²) < 4.78 is 5.61. The number of aryl methyl sites for hydroxylation is 1. The molecule has 0 radical (unpaired) electrons. The van der Waals surface area contributed by atoms with Crippen molar-refractivity contribution in [1.82, 2.24) is 10.3 Å². The van der Waals surface area contributed by atoms with Crippen molar-refractivity contribution in [2.24, 2.45) is 0 Å². The SMILES string of the molecule is CNC(=O)Oc1cnc(Br)c(C)c1. The van der Waals surface area contributed by atoms with Crippen LogP contribution >= 0.6 is 15.9 Å². The van der Waals surface area contributed by atoms with Crippen molar-refractivity contribution in [2.75, 3.05) is 7.05 Å². The number of ether oxygens (including phenoxy) is 1. The predicted molar refractivity (Wildman–Crippen MR) is 51.8 cm³/mol. The molecule has 4 nitrogen and oxygen atoms in total. The Morgan fingerprint density at radius 1 is 1.69 bits per heavy atom. The van der Waals surface area contributed by atoms with Crippen molar-refractivity contribution >= 4 is 22.0 Å². The van der Waals surface area contributed by atoms with Crippen molar-refractivity contribution in [1.29, 1.82) is 0 Å². The number of rotatable bonds is 1. The number of hydrogen-bond donors (Lipinski definition) is 1. The molecule has 0 spiro atoms.